The number of para-hydroxylation sites is 1. The Labute approximate surface area is 172 Å². The van der Waals surface area contributed by atoms with Gasteiger partial charge in [-0.15, -0.1) is 0 Å². The molecule has 1 atom stereocenters. The number of halogens is 1. The molecule has 0 saturated carbocycles. The third-order valence-corrected chi connectivity index (χ3v) is 4.60. The third kappa shape index (κ3) is 4.82. The lowest BCUT2D eigenvalue weighted by Crippen LogP contribution is -2.29. The van der Waals surface area contributed by atoms with E-state index in [1.54, 1.807) is 12.1 Å². The van der Waals surface area contributed by atoms with Crippen LogP contribution < -0.4 is 10.1 Å². The fraction of sp³-hybridized carbons (Fsp3) is 0.130. The maximum atomic E-state index is 13.0. The second-order valence-electron chi connectivity index (χ2n) is 6.59. The van der Waals surface area contributed by atoms with Crippen molar-refractivity contribution in [2.45, 2.75) is 12.6 Å². The Morgan fingerprint density at radius 3 is 2.13 bits per heavy atom. The molecule has 0 fully saturated rings. The lowest BCUT2D eigenvalue weighted by atomic mass is 10.0. The summed E-state index contributed by atoms with van der Waals surface area (Å²) in [6.45, 7) is 0. The van der Waals surface area contributed by atoms with Gasteiger partial charge in [0.2, 0.25) is 0 Å². The molecule has 0 spiro atoms. The average molecular weight is 409 g/mol. The first kappa shape index (κ1) is 21.0. The molecule has 1 unspecified atom stereocenters. The van der Waals surface area contributed by atoms with Crippen LogP contribution in [0.5, 0.6) is 5.75 Å². The van der Waals surface area contributed by atoms with E-state index in [2.05, 4.69) is 11.4 Å². The molecule has 0 aromatic heterocycles. The molecule has 0 aliphatic carbocycles. The highest BCUT2D eigenvalue weighted by atomic mass is 19.1. The van der Waals surface area contributed by atoms with Gasteiger partial charge in [0.1, 0.15) is 11.6 Å². The Hall–Kier alpha value is -3.71. The fourth-order valence-electron chi connectivity index (χ4n) is 3.07. The number of nitrogens with one attached hydrogen (secondary N) is 1. The third-order valence-electron chi connectivity index (χ3n) is 4.60. The maximum absolute atomic E-state index is 13.0. The number of hydrogen-bond donors (Lipinski definition) is 3. The Morgan fingerprint density at radius 2 is 1.57 bits per heavy atom. The minimum Gasteiger partial charge on any atom is -0.478 e. The molecule has 1 heterocycles. The van der Waals surface area contributed by atoms with Gasteiger partial charge in [-0.05, 0) is 48.5 Å². The summed E-state index contributed by atoms with van der Waals surface area (Å²) in [7, 11) is 1.88. The van der Waals surface area contributed by atoms with Crippen LogP contribution >= 0.6 is 0 Å². The number of carboxylic acids is 2. The normalized spacial score (nSPS) is 14.1. The van der Waals surface area contributed by atoms with E-state index >= 15 is 0 Å². The van der Waals surface area contributed by atoms with Crippen LogP contribution in [0.25, 0.3) is 11.1 Å². The molecule has 1 aliphatic heterocycles. The minimum absolute atomic E-state index is 0.0186. The quantitative estimate of drug-likeness (QED) is 0.602. The van der Waals surface area contributed by atoms with Crippen molar-refractivity contribution in [3.8, 4) is 16.9 Å². The number of likely N-dealkylation sites (N-methyl/N-ethyl adjacent to an activating group) is 1. The van der Waals surface area contributed by atoms with Crippen LogP contribution in [0.4, 0.5) is 4.39 Å². The van der Waals surface area contributed by atoms with Gasteiger partial charge >= 0.3 is 11.9 Å². The van der Waals surface area contributed by atoms with Crippen LogP contribution in [-0.2, 0) is 6.42 Å². The number of ether oxygens (including phenoxy) is 1. The predicted molar refractivity (Wildman–Crippen MR) is 109 cm³/mol. The van der Waals surface area contributed by atoms with Crippen molar-refractivity contribution in [3.05, 3.63) is 89.2 Å². The lowest BCUT2D eigenvalue weighted by Gasteiger charge is -2.11. The van der Waals surface area contributed by atoms with Gasteiger partial charge < -0.3 is 14.9 Å². The van der Waals surface area contributed by atoms with E-state index in [9.17, 15) is 14.0 Å². The molecular weight excluding hydrogens is 389 g/mol. The Bertz CT molecular complexity index is 1040. The van der Waals surface area contributed by atoms with Gasteiger partial charge in [-0.25, -0.2) is 14.0 Å². The minimum atomic E-state index is -1.13. The van der Waals surface area contributed by atoms with Crippen molar-refractivity contribution in [3.63, 3.8) is 0 Å². The summed E-state index contributed by atoms with van der Waals surface area (Å²) in [4.78, 5) is 20.8. The second-order valence-corrected chi connectivity index (χ2v) is 6.59. The number of aromatic carboxylic acids is 2. The zero-order chi connectivity index (χ0) is 21.7. The van der Waals surface area contributed by atoms with Crippen molar-refractivity contribution in [2.24, 2.45) is 0 Å². The topological polar surface area (TPSA) is 95.9 Å². The van der Waals surface area contributed by atoms with Crippen molar-refractivity contribution >= 4 is 11.9 Å². The van der Waals surface area contributed by atoms with Crippen LogP contribution in [0.2, 0.25) is 0 Å². The van der Waals surface area contributed by atoms with Gasteiger partial charge in [0.15, 0.2) is 6.23 Å². The number of benzene rings is 3. The molecule has 7 heteroatoms. The van der Waals surface area contributed by atoms with E-state index < -0.39 is 11.9 Å². The SMILES string of the molecule is CNC1Cc2cccc(-c3ccc(F)cc3)c2O1.O=C(O)c1cccc(C(=O)O)c1. The molecule has 3 N–H and O–H groups in total. The summed E-state index contributed by atoms with van der Waals surface area (Å²) in [5.41, 5.74) is 3.15. The molecule has 1 aliphatic rings. The van der Waals surface area contributed by atoms with Crippen LogP contribution in [0, 0.1) is 5.82 Å². The van der Waals surface area contributed by atoms with Gasteiger partial charge in [0.25, 0.3) is 0 Å². The largest absolute Gasteiger partial charge is 0.478 e. The number of rotatable bonds is 4. The molecule has 0 saturated heterocycles. The van der Waals surface area contributed by atoms with E-state index in [0.717, 1.165) is 29.4 Å². The molecule has 154 valence electrons. The summed E-state index contributed by atoms with van der Waals surface area (Å²) in [5.74, 6) is -1.57. The Morgan fingerprint density at radius 1 is 0.967 bits per heavy atom. The van der Waals surface area contributed by atoms with Crippen molar-refractivity contribution in [1.29, 1.82) is 0 Å². The summed E-state index contributed by atoms with van der Waals surface area (Å²) < 4.78 is 18.8. The number of fused-ring (bicyclic) bond motifs is 1. The van der Waals surface area contributed by atoms with E-state index in [1.165, 1.54) is 35.9 Å². The number of hydrogen-bond acceptors (Lipinski definition) is 4. The average Bonchev–Trinajstić information content (AvgIpc) is 3.18. The van der Waals surface area contributed by atoms with Crippen LogP contribution in [0.3, 0.4) is 0 Å². The van der Waals surface area contributed by atoms with Gasteiger partial charge in [0, 0.05) is 12.0 Å². The summed E-state index contributed by atoms with van der Waals surface area (Å²) in [6.07, 6.45) is 0.891. The summed E-state index contributed by atoms with van der Waals surface area (Å²) in [5, 5.41) is 20.1. The fourth-order valence-corrected chi connectivity index (χ4v) is 3.07. The highest BCUT2D eigenvalue weighted by molar-refractivity contribution is 5.93. The molecule has 3 aromatic carbocycles. The Kier molecular flexibility index (Phi) is 6.44. The number of carbonyl (C=O) groups is 2. The second kappa shape index (κ2) is 9.19. The smallest absolute Gasteiger partial charge is 0.335 e. The van der Waals surface area contributed by atoms with E-state index in [0.29, 0.717) is 0 Å². The van der Waals surface area contributed by atoms with Crippen molar-refractivity contribution in [2.75, 3.05) is 7.05 Å². The lowest BCUT2D eigenvalue weighted by molar-refractivity contribution is 0.0696. The Balaban J connectivity index is 0.000000187. The van der Waals surface area contributed by atoms with Crippen LogP contribution in [-0.4, -0.2) is 35.4 Å². The molecule has 0 amide bonds. The van der Waals surface area contributed by atoms with Gasteiger partial charge in [-0.2, -0.15) is 0 Å². The molecule has 4 rings (SSSR count). The zero-order valence-corrected chi connectivity index (χ0v) is 16.1. The maximum Gasteiger partial charge on any atom is 0.335 e. The first-order chi connectivity index (χ1) is 14.4. The molecule has 30 heavy (non-hydrogen) atoms. The van der Waals surface area contributed by atoms with E-state index in [4.69, 9.17) is 14.9 Å². The molecule has 6 nitrogen and oxygen atoms in total. The van der Waals surface area contributed by atoms with Crippen LogP contribution in [0.1, 0.15) is 26.3 Å². The summed E-state index contributed by atoms with van der Waals surface area (Å²) >= 11 is 0. The zero-order valence-electron chi connectivity index (χ0n) is 16.1. The monoisotopic (exact) mass is 409 g/mol. The molecule has 0 bridgehead atoms. The first-order valence-corrected chi connectivity index (χ1v) is 9.17. The first-order valence-electron chi connectivity index (χ1n) is 9.17. The summed E-state index contributed by atoms with van der Waals surface area (Å²) in [6, 6.07) is 17.8. The standard InChI is InChI=1S/C15H14FNO.C8H6O4/c1-17-14-9-11-3-2-4-13(15(11)18-14)10-5-7-12(16)8-6-10;9-7(10)5-2-1-3-6(4-5)8(11)12/h2-8,14,17H,9H2,1H3;1-4H,(H,9,10)(H,11,12). The molecular formula is C23H20FNO5. The van der Waals surface area contributed by atoms with Gasteiger partial charge in [-0.1, -0.05) is 36.4 Å². The van der Waals surface area contributed by atoms with E-state index in [1.807, 2.05) is 19.2 Å². The van der Waals surface area contributed by atoms with Gasteiger partial charge in [-0.3, -0.25) is 5.32 Å². The highest BCUT2D eigenvalue weighted by Crippen LogP contribution is 2.38. The van der Waals surface area contributed by atoms with Crippen LogP contribution in [0.15, 0.2) is 66.7 Å². The van der Waals surface area contributed by atoms with Crippen molar-refractivity contribution in [1.82, 2.24) is 5.32 Å². The number of carboxylic acid groups (broad SMARTS) is 2. The van der Waals surface area contributed by atoms with E-state index in [-0.39, 0.29) is 23.2 Å². The highest BCUT2D eigenvalue weighted by Gasteiger charge is 2.24. The van der Waals surface area contributed by atoms with Crippen molar-refractivity contribution < 1.29 is 28.9 Å². The molecule has 0 radical (unpaired) electrons. The van der Waals surface area contributed by atoms with Gasteiger partial charge in [0.05, 0.1) is 11.1 Å². The molecule has 3 aromatic rings. The predicted octanol–water partition coefficient (Wildman–Crippen LogP) is 4.06.